The minimum Gasteiger partial charge on any atom is -0.491 e. The molecule has 6 heteroatoms. The first kappa shape index (κ1) is 13.2. The van der Waals surface area contributed by atoms with Crippen LogP contribution in [0.1, 0.15) is 5.69 Å². The van der Waals surface area contributed by atoms with Gasteiger partial charge in [-0.3, -0.25) is 9.59 Å². The molecule has 1 atom stereocenters. The highest BCUT2D eigenvalue weighted by atomic mass is 16.5. The number of aryl methyl sites for hydroxylation is 1. The Kier molecular flexibility index (Phi) is 4.28. The SMILES string of the molecule is COC(=O)C(N)COc1cc(C)n(C)c(=O)c1. The minimum atomic E-state index is -0.857. The maximum absolute atomic E-state index is 11.5. The van der Waals surface area contributed by atoms with Gasteiger partial charge in [0, 0.05) is 18.8 Å². The van der Waals surface area contributed by atoms with E-state index in [1.165, 1.54) is 17.7 Å². The van der Waals surface area contributed by atoms with Gasteiger partial charge in [0.05, 0.1) is 7.11 Å². The van der Waals surface area contributed by atoms with Gasteiger partial charge in [-0.2, -0.15) is 0 Å². The molecule has 1 rings (SSSR count). The fourth-order valence-corrected chi connectivity index (χ4v) is 1.23. The smallest absolute Gasteiger partial charge is 0.326 e. The highest BCUT2D eigenvalue weighted by molar-refractivity contribution is 5.75. The van der Waals surface area contributed by atoms with Crippen molar-refractivity contribution in [3.05, 3.63) is 28.2 Å². The zero-order chi connectivity index (χ0) is 13.0. The number of pyridine rings is 1. The quantitative estimate of drug-likeness (QED) is 0.722. The Morgan fingerprint density at radius 2 is 2.18 bits per heavy atom. The molecule has 1 heterocycles. The van der Waals surface area contributed by atoms with Crippen LogP contribution in [0.25, 0.3) is 0 Å². The van der Waals surface area contributed by atoms with E-state index >= 15 is 0 Å². The second kappa shape index (κ2) is 5.49. The summed E-state index contributed by atoms with van der Waals surface area (Å²) in [7, 11) is 2.92. The van der Waals surface area contributed by atoms with Crippen LogP contribution in [0.4, 0.5) is 0 Å². The van der Waals surface area contributed by atoms with E-state index in [2.05, 4.69) is 4.74 Å². The van der Waals surface area contributed by atoms with E-state index in [-0.39, 0.29) is 12.2 Å². The van der Waals surface area contributed by atoms with Gasteiger partial charge in [0.15, 0.2) is 0 Å². The zero-order valence-electron chi connectivity index (χ0n) is 10.1. The van der Waals surface area contributed by atoms with E-state index in [0.717, 1.165) is 5.69 Å². The number of ether oxygens (including phenoxy) is 2. The summed E-state index contributed by atoms with van der Waals surface area (Å²) >= 11 is 0. The number of aromatic nitrogens is 1. The second-order valence-corrected chi connectivity index (χ2v) is 3.67. The molecule has 17 heavy (non-hydrogen) atoms. The van der Waals surface area contributed by atoms with Gasteiger partial charge in [-0.15, -0.1) is 0 Å². The molecule has 0 fully saturated rings. The summed E-state index contributed by atoms with van der Waals surface area (Å²) in [5.41, 5.74) is 6.09. The van der Waals surface area contributed by atoms with Crippen LogP contribution in [-0.4, -0.2) is 30.3 Å². The lowest BCUT2D eigenvalue weighted by Crippen LogP contribution is -2.37. The molecule has 0 aliphatic heterocycles. The normalized spacial score (nSPS) is 12.0. The summed E-state index contributed by atoms with van der Waals surface area (Å²) in [6, 6.07) is 2.19. The lowest BCUT2D eigenvalue weighted by Gasteiger charge is -2.12. The molecule has 6 nitrogen and oxygen atoms in total. The Labute approximate surface area is 98.9 Å². The van der Waals surface area contributed by atoms with Gasteiger partial charge in [-0.05, 0) is 13.0 Å². The molecule has 1 unspecified atom stereocenters. The average molecular weight is 240 g/mol. The van der Waals surface area contributed by atoms with Crippen LogP contribution in [0.3, 0.4) is 0 Å². The van der Waals surface area contributed by atoms with E-state index < -0.39 is 12.0 Å². The van der Waals surface area contributed by atoms with Gasteiger partial charge in [0.2, 0.25) is 0 Å². The van der Waals surface area contributed by atoms with E-state index in [9.17, 15) is 9.59 Å². The number of carbonyl (C=O) groups is 1. The van der Waals surface area contributed by atoms with Gasteiger partial charge >= 0.3 is 5.97 Å². The number of nitrogens with two attached hydrogens (primary N) is 1. The summed E-state index contributed by atoms with van der Waals surface area (Å²) in [6.45, 7) is 1.76. The van der Waals surface area contributed by atoms with Crippen molar-refractivity contribution in [3.8, 4) is 5.75 Å². The maximum Gasteiger partial charge on any atom is 0.326 e. The van der Waals surface area contributed by atoms with Crippen LogP contribution in [0.2, 0.25) is 0 Å². The number of methoxy groups -OCH3 is 1. The maximum atomic E-state index is 11.5. The Bertz CT molecular complexity index is 467. The van der Waals surface area contributed by atoms with Crippen molar-refractivity contribution >= 4 is 5.97 Å². The number of esters is 1. The predicted octanol–water partition coefficient (Wildman–Crippen LogP) is -0.427. The van der Waals surface area contributed by atoms with Crippen molar-refractivity contribution in [1.82, 2.24) is 4.57 Å². The molecular formula is C11H16N2O4. The van der Waals surface area contributed by atoms with Crippen molar-refractivity contribution < 1.29 is 14.3 Å². The fraction of sp³-hybridized carbons (Fsp3) is 0.455. The van der Waals surface area contributed by atoms with Crippen molar-refractivity contribution in [1.29, 1.82) is 0 Å². The van der Waals surface area contributed by atoms with Crippen molar-refractivity contribution in [2.45, 2.75) is 13.0 Å². The third kappa shape index (κ3) is 3.32. The molecule has 0 radical (unpaired) electrons. The molecule has 1 aromatic heterocycles. The number of hydrogen-bond donors (Lipinski definition) is 1. The number of hydrogen-bond acceptors (Lipinski definition) is 5. The van der Waals surface area contributed by atoms with E-state index in [1.54, 1.807) is 20.0 Å². The van der Waals surface area contributed by atoms with Crippen LogP contribution in [0.15, 0.2) is 16.9 Å². The van der Waals surface area contributed by atoms with Crippen molar-refractivity contribution in [2.24, 2.45) is 12.8 Å². The van der Waals surface area contributed by atoms with E-state index in [1.807, 2.05) is 0 Å². The lowest BCUT2D eigenvalue weighted by molar-refractivity contribution is -0.142. The largest absolute Gasteiger partial charge is 0.491 e. The molecule has 0 saturated carbocycles. The van der Waals surface area contributed by atoms with Crippen LogP contribution < -0.4 is 16.0 Å². The summed E-state index contributed by atoms with van der Waals surface area (Å²) < 4.78 is 11.2. The summed E-state index contributed by atoms with van der Waals surface area (Å²) in [6.07, 6.45) is 0. The number of carbonyl (C=O) groups excluding carboxylic acids is 1. The van der Waals surface area contributed by atoms with Gasteiger partial charge in [-0.25, -0.2) is 0 Å². The van der Waals surface area contributed by atoms with Crippen molar-refractivity contribution in [3.63, 3.8) is 0 Å². The first-order valence-electron chi connectivity index (χ1n) is 5.09. The molecule has 0 amide bonds. The van der Waals surface area contributed by atoms with Crippen LogP contribution in [-0.2, 0) is 16.6 Å². The van der Waals surface area contributed by atoms with Crippen LogP contribution >= 0.6 is 0 Å². The molecule has 94 valence electrons. The van der Waals surface area contributed by atoms with E-state index in [0.29, 0.717) is 5.75 Å². The summed E-state index contributed by atoms with van der Waals surface area (Å²) in [5.74, 6) is -0.157. The van der Waals surface area contributed by atoms with Crippen LogP contribution in [0.5, 0.6) is 5.75 Å². The molecule has 1 aromatic rings. The average Bonchev–Trinajstić information content (AvgIpc) is 2.31. The molecule has 0 aliphatic rings. The van der Waals surface area contributed by atoms with E-state index in [4.69, 9.17) is 10.5 Å². The van der Waals surface area contributed by atoms with Gasteiger partial charge in [0.1, 0.15) is 18.4 Å². The van der Waals surface area contributed by atoms with Gasteiger partial charge in [-0.1, -0.05) is 0 Å². The minimum absolute atomic E-state index is 0.0285. The Morgan fingerprint density at radius 3 is 2.71 bits per heavy atom. The Hall–Kier alpha value is -1.82. The summed E-state index contributed by atoms with van der Waals surface area (Å²) in [4.78, 5) is 22.5. The molecule has 0 spiro atoms. The van der Waals surface area contributed by atoms with Crippen molar-refractivity contribution in [2.75, 3.05) is 13.7 Å². The molecule has 0 aliphatic carbocycles. The predicted molar refractivity (Wildman–Crippen MR) is 61.9 cm³/mol. The third-order valence-electron chi connectivity index (χ3n) is 2.41. The Morgan fingerprint density at radius 1 is 1.53 bits per heavy atom. The summed E-state index contributed by atoms with van der Waals surface area (Å²) in [5, 5.41) is 0. The monoisotopic (exact) mass is 240 g/mol. The standard InChI is InChI=1S/C11H16N2O4/c1-7-4-8(5-10(14)13(7)2)17-6-9(12)11(15)16-3/h4-5,9H,6,12H2,1-3H3. The molecule has 2 N–H and O–H groups in total. The molecule has 0 bridgehead atoms. The first-order chi connectivity index (χ1) is 7.95. The molecule has 0 saturated heterocycles. The second-order valence-electron chi connectivity index (χ2n) is 3.67. The molecular weight excluding hydrogens is 224 g/mol. The van der Waals surface area contributed by atoms with Crippen LogP contribution in [0, 0.1) is 6.92 Å². The first-order valence-corrected chi connectivity index (χ1v) is 5.09. The Balaban J connectivity index is 2.71. The topological polar surface area (TPSA) is 83.5 Å². The fourth-order valence-electron chi connectivity index (χ4n) is 1.23. The van der Waals surface area contributed by atoms with Gasteiger partial charge < -0.3 is 19.8 Å². The molecule has 0 aromatic carbocycles. The number of rotatable bonds is 4. The highest BCUT2D eigenvalue weighted by Gasteiger charge is 2.14. The zero-order valence-corrected chi connectivity index (χ0v) is 10.1. The third-order valence-corrected chi connectivity index (χ3v) is 2.41. The number of nitrogens with zero attached hydrogens (tertiary/aromatic N) is 1. The lowest BCUT2D eigenvalue weighted by atomic mass is 10.3. The van der Waals surface area contributed by atoms with Gasteiger partial charge in [0.25, 0.3) is 5.56 Å². The highest BCUT2D eigenvalue weighted by Crippen LogP contribution is 2.09.